The largest absolute Gasteiger partial charge is 0.417 e. The number of rotatable bonds is 3. The van der Waals surface area contributed by atoms with Crippen molar-refractivity contribution in [1.82, 2.24) is 19.7 Å². The summed E-state index contributed by atoms with van der Waals surface area (Å²) in [4.78, 5) is 34.6. The first-order valence-corrected chi connectivity index (χ1v) is 10.2. The number of aromatic nitrogens is 1. The molecule has 0 N–H and O–H groups in total. The first kappa shape index (κ1) is 21.5. The Morgan fingerprint density at radius 1 is 0.968 bits per heavy atom. The molecule has 2 saturated heterocycles. The Bertz CT molecular complexity index is 968. The van der Waals surface area contributed by atoms with Gasteiger partial charge in [0.15, 0.2) is 0 Å². The van der Waals surface area contributed by atoms with Gasteiger partial charge in [-0.3, -0.25) is 19.5 Å². The molecular formula is C21H23F3N4O3. The summed E-state index contributed by atoms with van der Waals surface area (Å²) >= 11 is 0. The Balaban J connectivity index is 1.46. The van der Waals surface area contributed by atoms with Gasteiger partial charge in [0, 0.05) is 50.9 Å². The summed E-state index contributed by atoms with van der Waals surface area (Å²) in [6.45, 7) is 3.79. The maximum atomic E-state index is 13.8. The highest BCUT2D eigenvalue weighted by molar-refractivity contribution is 6.00. The van der Waals surface area contributed by atoms with Gasteiger partial charge in [-0.15, -0.1) is 0 Å². The Morgan fingerprint density at radius 3 is 2.29 bits per heavy atom. The van der Waals surface area contributed by atoms with Crippen LogP contribution in [0, 0.1) is 0 Å². The Morgan fingerprint density at radius 2 is 1.61 bits per heavy atom. The van der Waals surface area contributed by atoms with Gasteiger partial charge in [-0.05, 0) is 6.07 Å². The van der Waals surface area contributed by atoms with E-state index in [0.29, 0.717) is 26.3 Å². The monoisotopic (exact) mass is 436 g/mol. The maximum Gasteiger partial charge on any atom is 0.417 e. The molecule has 7 nitrogen and oxygen atoms in total. The van der Waals surface area contributed by atoms with Gasteiger partial charge in [-0.25, -0.2) is 0 Å². The second-order valence-corrected chi connectivity index (χ2v) is 7.62. The number of nitrogens with zero attached hydrogens (tertiary/aromatic N) is 4. The average molecular weight is 436 g/mol. The summed E-state index contributed by atoms with van der Waals surface area (Å²) in [6, 6.07) is 5.90. The summed E-state index contributed by atoms with van der Waals surface area (Å²) in [7, 11) is 0. The Labute approximate surface area is 177 Å². The predicted molar refractivity (Wildman–Crippen MR) is 106 cm³/mol. The lowest BCUT2D eigenvalue weighted by molar-refractivity contribution is -0.136. The summed E-state index contributed by atoms with van der Waals surface area (Å²) in [6.07, 6.45) is -3.69. The second-order valence-electron chi connectivity index (χ2n) is 7.62. The lowest BCUT2D eigenvalue weighted by Gasteiger charge is -2.36. The normalized spacial score (nSPS) is 18.4. The molecule has 1 aromatic carbocycles. The van der Waals surface area contributed by atoms with Crippen LogP contribution in [-0.2, 0) is 15.7 Å². The third-order valence-corrected chi connectivity index (χ3v) is 5.67. The number of carbonyl (C=O) groups is 2. The molecule has 2 aliphatic heterocycles. The number of alkyl halides is 3. The van der Waals surface area contributed by atoms with Crippen LogP contribution in [0.15, 0.2) is 30.5 Å². The highest BCUT2D eigenvalue weighted by atomic mass is 19.4. The number of para-hydroxylation sites is 1. The Kier molecular flexibility index (Phi) is 6.10. The van der Waals surface area contributed by atoms with Crippen LogP contribution < -0.4 is 0 Å². The van der Waals surface area contributed by atoms with E-state index in [9.17, 15) is 22.8 Å². The van der Waals surface area contributed by atoms with Crippen molar-refractivity contribution in [2.75, 3.05) is 59.0 Å². The minimum absolute atomic E-state index is 0.0441. The zero-order valence-corrected chi connectivity index (χ0v) is 16.9. The van der Waals surface area contributed by atoms with Gasteiger partial charge < -0.3 is 14.5 Å². The molecule has 0 unspecified atom stereocenters. The number of ether oxygens (including phenoxy) is 1. The topological polar surface area (TPSA) is 66.0 Å². The number of amides is 2. The summed E-state index contributed by atoms with van der Waals surface area (Å²) in [5, 5.41) is -0.0971. The van der Waals surface area contributed by atoms with E-state index in [0.717, 1.165) is 6.20 Å². The van der Waals surface area contributed by atoms with Crippen LogP contribution >= 0.6 is 0 Å². The van der Waals surface area contributed by atoms with E-state index >= 15 is 0 Å². The van der Waals surface area contributed by atoms with Crippen molar-refractivity contribution in [1.29, 1.82) is 0 Å². The number of hydrogen-bond donors (Lipinski definition) is 0. The summed E-state index contributed by atoms with van der Waals surface area (Å²) in [5.74, 6) is -0.761. The minimum atomic E-state index is -4.69. The molecule has 0 bridgehead atoms. The zero-order valence-electron chi connectivity index (χ0n) is 16.9. The summed E-state index contributed by atoms with van der Waals surface area (Å²) in [5.41, 5.74) is -1.24. The molecule has 0 radical (unpaired) electrons. The molecule has 4 rings (SSSR count). The molecule has 0 saturated carbocycles. The van der Waals surface area contributed by atoms with E-state index in [-0.39, 0.29) is 49.5 Å². The van der Waals surface area contributed by atoms with Crippen molar-refractivity contribution in [2.45, 2.75) is 6.18 Å². The molecule has 2 aromatic rings. The van der Waals surface area contributed by atoms with Crippen LogP contribution in [0.4, 0.5) is 13.2 Å². The van der Waals surface area contributed by atoms with E-state index in [2.05, 4.69) is 4.98 Å². The van der Waals surface area contributed by atoms with Crippen molar-refractivity contribution in [3.05, 3.63) is 41.6 Å². The fourth-order valence-corrected chi connectivity index (χ4v) is 3.99. The van der Waals surface area contributed by atoms with Crippen molar-refractivity contribution in [2.24, 2.45) is 0 Å². The lowest BCUT2D eigenvalue weighted by atomic mass is 10.0. The van der Waals surface area contributed by atoms with Gasteiger partial charge in [0.2, 0.25) is 5.91 Å². The van der Waals surface area contributed by atoms with E-state index in [1.807, 2.05) is 4.90 Å². The molecule has 3 heterocycles. The van der Waals surface area contributed by atoms with Crippen LogP contribution in [0.2, 0.25) is 0 Å². The average Bonchev–Trinajstić information content (AvgIpc) is 2.78. The van der Waals surface area contributed by atoms with Crippen molar-refractivity contribution in [3.8, 4) is 0 Å². The number of carbonyl (C=O) groups excluding carboxylic acids is 2. The second kappa shape index (κ2) is 8.80. The predicted octanol–water partition coefficient (Wildman–Crippen LogP) is 1.87. The van der Waals surface area contributed by atoms with Crippen molar-refractivity contribution >= 4 is 22.7 Å². The van der Waals surface area contributed by atoms with Crippen molar-refractivity contribution in [3.63, 3.8) is 0 Å². The van der Waals surface area contributed by atoms with Gasteiger partial charge >= 0.3 is 6.18 Å². The van der Waals surface area contributed by atoms with Gasteiger partial charge in [0.05, 0.1) is 36.4 Å². The first-order chi connectivity index (χ1) is 14.8. The van der Waals surface area contributed by atoms with Crippen LogP contribution in [0.5, 0.6) is 0 Å². The van der Waals surface area contributed by atoms with Gasteiger partial charge in [-0.2, -0.15) is 13.2 Å². The number of halogens is 3. The smallest absolute Gasteiger partial charge is 0.379 e. The number of morpholine rings is 1. The molecule has 0 aliphatic carbocycles. The fraction of sp³-hybridized carbons (Fsp3) is 0.476. The van der Waals surface area contributed by atoms with Crippen molar-refractivity contribution < 1.29 is 27.5 Å². The number of piperazine rings is 1. The molecule has 0 atom stereocenters. The van der Waals surface area contributed by atoms with Crippen LogP contribution in [0.25, 0.3) is 10.9 Å². The molecule has 166 valence electrons. The Hall–Kier alpha value is -2.72. The third kappa shape index (κ3) is 4.64. The number of pyridine rings is 1. The highest BCUT2D eigenvalue weighted by Crippen LogP contribution is 2.37. The van der Waals surface area contributed by atoms with E-state index < -0.39 is 23.2 Å². The quantitative estimate of drug-likeness (QED) is 0.735. The maximum absolute atomic E-state index is 13.8. The van der Waals surface area contributed by atoms with Gasteiger partial charge in [-0.1, -0.05) is 18.2 Å². The van der Waals surface area contributed by atoms with Gasteiger partial charge in [0.25, 0.3) is 5.91 Å². The van der Waals surface area contributed by atoms with Crippen LogP contribution in [0.1, 0.15) is 15.9 Å². The van der Waals surface area contributed by atoms with Crippen LogP contribution in [-0.4, -0.2) is 90.5 Å². The third-order valence-electron chi connectivity index (χ3n) is 5.67. The number of benzene rings is 1. The van der Waals surface area contributed by atoms with Crippen LogP contribution in [0.3, 0.4) is 0 Å². The SMILES string of the molecule is O=C(CN1CCOCC1)N1CCN(C(=O)c2cnc3ccccc3c2C(F)(F)F)CC1. The number of fused-ring (bicyclic) bond motifs is 1. The molecule has 31 heavy (non-hydrogen) atoms. The van der Waals surface area contributed by atoms with E-state index in [1.54, 1.807) is 11.0 Å². The molecule has 2 aliphatic rings. The zero-order chi connectivity index (χ0) is 22.0. The minimum Gasteiger partial charge on any atom is -0.379 e. The lowest BCUT2D eigenvalue weighted by Crippen LogP contribution is -2.53. The van der Waals surface area contributed by atoms with E-state index in [1.165, 1.54) is 23.1 Å². The molecule has 1 aromatic heterocycles. The standard InChI is InChI=1S/C21H23F3N4O3/c22-21(23,24)19-15-3-1-2-4-17(15)25-13-16(19)20(30)28-7-5-27(6-8-28)18(29)14-26-9-11-31-12-10-26/h1-4,13H,5-12,14H2. The van der Waals surface area contributed by atoms with Gasteiger partial charge in [0.1, 0.15) is 0 Å². The first-order valence-electron chi connectivity index (χ1n) is 10.2. The molecule has 10 heteroatoms. The molecule has 2 fully saturated rings. The molecular weight excluding hydrogens is 413 g/mol. The fourth-order valence-electron chi connectivity index (χ4n) is 3.99. The molecule has 0 spiro atoms. The summed E-state index contributed by atoms with van der Waals surface area (Å²) < 4.78 is 46.8. The number of hydrogen-bond acceptors (Lipinski definition) is 5. The molecule has 2 amide bonds. The van der Waals surface area contributed by atoms with E-state index in [4.69, 9.17) is 4.74 Å². The highest BCUT2D eigenvalue weighted by Gasteiger charge is 2.39.